The number of benzene rings is 3. The van der Waals surface area contributed by atoms with Crippen molar-refractivity contribution in [2.75, 3.05) is 35.6 Å². The number of nitrogens with zero attached hydrogens (tertiary/aromatic N) is 4. The van der Waals surface area contributed by atoms with E-state index in [0.29, 0.717) is 0 Å². The Morgan fingerprint density at radius 3 is 1.46 bits per heavy atom. The van der Waals surface area contributed by atoms with Crippen molar-refractivity contribution >= 4 is 64.8 Å². The molecule has 0 bridgehead atoms. The lowest BCUT2D eigenvalue weighted by molar-refractivity contribution is -0.132. The summed E-state index contributed by atoms with van der Waals surface area (Å²) in [5.41, 5.74) is 3.09. The van der Waals surface area contributed by atoms with Gasteiger partial charge >= 0.3 is 0 Å². The molecule has 2 fully saturated rings. The first-order chi connectivity index (χ1) is 27.5. The number of sulfonamides is 2. The van der Waals surface area contributed by atoms with Crippen molar-refractivity contribution in [2.45, 2.75) is 80.9 Å². The van der Waals surface area contributed by atoms with Gasteiger partial charge in [-0.05, 0) is 85.9 Å². The maximum absolute atomic E-state index is 12.7. The van der Waals surface area contributed by atoms with Crippen LogP contribution in [0.4, 0.5) is 10.3 Å². The molecular weight excluding hydrogens is 801 g/mol. The van der Waals surface area contributed by atoms with Gasteiger partial charge in [0.1, 0.15) is 0 Å². The molecule has 57 heavy (non-hydrogen) atoms. The Hall–Kier alpha value is -4.64. The number of anilines is 2. The summed E-state index contributed by atoms with van der Waals surface area (Å²) < 4.78 is 55.5. The number of thiazole rings is 2. The fraction of sp³-hybridized carbons (Fsp3) is 0.366. The Kier molecular flexibility index (Phi) is 14.5. The highest BCUT2D eigenvalue weighted by molar-refractivity contribution is 7.93. The van der Waals surface area contributed by atoms with E-state index in [1.807, 2.05) is 52.3 Å². The lowest BCUT2D eigenvalue weighted by Crippen LogP contribution is -2.36. The van der Waals surface area contributed by atoms with Gasteiger partial charge in [-0.15, -0.1) is 22.7 Å². The molecule has 16 heteroatoms. The van der Waals surface area contributed by atoms with Gasteiger partial charge in [-0.25, -0.2) is 26.8 Å². The van der Waals surface area contributed by atoms with E-state index in [2.05, 4.69) is 26.3 Å². The van der Waals surface area contributed by atoms with Crippen LogP contribution in [0.5, 0.6) is 0 Å². The molecule has 2 aliphatic heterocycles. The van der Waals surface area contributed by atoms with Crippen molar-refractivity contribution < 1.29 is 26.4 Å². The van der Waals surface area contributed by atoms with Crippen LogP contribution < -0.4 is 9.44 Å². The summed E-state index contributed by atoms with van der Waals surface area (Å²) in [5, 5.41) is 0.553. The minimum atomic E-state index is -3.75. The highest BCUT2D eigenvalue weighted by Gasteiger charge is 2.22. The summed E-state index contributed by atoms with van der Waals surface area (Å²) in [6, 6.07) is 23.4. The lowest BCUT2D eigenvalue weighted by atomic mass is 10.1. The van der Waals surface area contributed by atoms with E-state index in [4.69, 9.17) is 0 Å². The molecule has 12 nitrogen and oxygen atoms in total. The summed E-state index contributed by atoms with van der Waals surface area (Å²) in [6.45, 7) is 5.31. The molecule has 4 heterocycles. The smallest absolute Gasteiger partial charge is 0.263 e. The van der Waals surface area contributed by atoms with Crippen molar-refractivity contribution in [1.29, 1.82) is 0 Å². The summed E-state index contributed by atoms with van der Waals surface area (Å²) in [7, 11) is -7.42. The molecule has 2 saturated heterocycles. The third-order valence-corrected chi connectivity index (χ3v) is 14.5. The molecule has 0 atom stereocenters. The van der Waals surface area contributed by atoms with E-state index in [9.17, 15) is 26.4 Å². The van der Waals surface area contributed by atoms with Crippen molar-refractivity contribution in [3.8, 4) is 11.1 Å². The van der Waals surface area contributed by atoms with Gasteiger partial charge in [0.15, 0.2) is 10.3 Å². The zero-order valence-corrected chi connectivity index (χ0v) is 35.2. The molecule has 302 valence electrons. The number of rotatable bonds is 13. The maximum atomic E-state index is 12.7. The Balaban J connectivity index is 0.000000194. The zero-order chi connectivity index (χ0) is 40.3. The number of carbonyl (C=O) groups excluding carboxylic acids is 2. The van der Waals surface area contributed by atoms with Crippen molar-refractivity contribution in [1.82, 2.24) is 19.8 Å². The monoisotopic (exact) mass is 848 g/mol. The third kappa shape index (κ3) is 11.9. The van der Waals surface area contributed by atoms with Crippen molar-refractivity contribution in [2.24, 2.45) is 0 Å². The quantitative estimate of drug-likeness (QED) is 0.123. The molecule has 5 aromatic rings. The highest BCUT2D eigenvalue weighted by Crippen LogP contribution is 2.26. The van der Waals surface area contributed by atoms with Gasteiger partial charge < -0.3 is 9.80 Å². The molecule has 2 N–H and O–H groups in total. The lowest BCUT2D eigenvalue weighted by Gasteiger charge is -2.26. The molecule has 2 aromatic heterocycles. The normalized spacial score (nSPS) is 14.7. The first-order valence-electron chi connectivity index (χ1n) is 19.2. The average molecular weight is 849 g/mol. The molecule has 3 aromatic carbocycles. The second-order valence-electron chi connectivity index (χ2n) is 14.0. The predicted molar refractivity (Wildman–Crippen MR) is 226 cm³/mol. The summed E-state index contributed by atoms with van der Waals surface area (Å²) in [5.74, 6) is 0.156. The van der Waals surface area contributed by atoms with Gasteiger partial charge in [0.25, 0.3) is 20.0 Å². The average Bonchev–Trinajstić information content (AvgIpc) is 3.87. The van der Waals surface area contributed by atoms with Crippen LogP contribution in [0.2, 0.25) is 0 Å². The number of aromatic nitrogens is 2. The van der Waals surface area contributed by atoms with Crippen LogP contribution in [0.25, 0.3) is 11.1 Å². The topological polar surface area (TPSA) is 159 Å². The third-order valence-electron chi connectivity index (χ3n) is 9.66. The van der Waals surface area contributed by atoms with Crippen LogP contribution in [0.1, 0.15) is 67.2 Å². The second kappa shape index (κ2) is 19.7. The van der Waals surface area contributed by atoms with E-state index in [0.717, 1.165) is 91.1 Å². The molecule has 0 saturated carbocycles. The Morgan fingerprint density at radius 2 is 1.02 bits per heavy atom. The SMILES string of the molecule is CCCc1ccc(S(=O)(=O)Nc2ncc(CC(=O)N3CCCCC3)s2)cc1.O=C(Cc1cnc(NS(=O)(=O)c2ccc(-c3ccccc3)cc2)s1)N1CCCCC1. The van der Waals surface area contributed by atoms with Crippen LogP contribution in [-0.2, 0) is 48.9 Å². The number of amides is 2. The fourth-order valence-corrected chi connectivity index (χ4v) is 10.7. The molecule has 2 amide bonds. The van der Waals surface area contributed by atoms with Crippen LogP contribution in [0, 0.1) is 0 Å². The number of aryl methyl sites for hydroxylation is 1. The largest absolute Gasteiger partial charge is 0.342 e. The van der Waals surface area contributed by atoms with Crippen LogP contribution in [0.15, 0.2) is 101 Å². The van der Waals surface area contributed by atoms with Gasteiger partial charge in [0.2, 0.25) is 11.8 Å². The Morgan fingerprint density at radius 1 is 0.596 bits per heavy atom. The standard InChI is InChI=1S/C22H23N3O3S2.C19H25N3O3S2/c26-21(25-13-5-2-6-14-25)15-19-16-23-22(29-19)24-30(27,28)20-11-9-18(10-12-20)17-7-3-1-4-8-17;1-2-6-15-7-9-17(10-8-15)27(24,25)21-19-20-14-16(26-19)13-18(23)22-11-4-3-5-12-22/h1,3-4,7-12,16H,2,5-6,13-15H2,(H,23,24);7-10,14H,2-6,11-13H2,1H3,(H,20,21). The van der Waals surface area contributed by atoms with E-state index in [1.54, 1.807) is 48.8 Å². The first-order valence-corrected chi connectivity index (χ1v) is 23.8. The predicted octanol–water partition coefficient (Wildman–Crippen LogP) is 7.62. The van der Waals surface area contributed by atoms with Crippen molar-refractivity contribution in [3.63, 3.8) is 0 Å². The first kappa shape index (κ1) is 42.0. The fourth-order valence-electron chi connectivity index (χ4n) is 6.61. The number of piperidine rings is 2. The van der Waals surface area contributed by atoms with E-state index >= 15 is 0 Å². The molecular formula is C41H48N6O6S4. The summed E-state index contributed by atoms with van der Waals surface area (Å²) >= 11 is 2.41. The van der Waals surface area contributed by atoms with E-state index in [-0.39, 0.29) is 44.7 Å². The number of hydrogen-bond donors (Lipinski definition) is 2. The van der Waals surface area contributed by atoms with Crippen LogP contribution in [-0.4, -0.2) is 74.6 Å². The Bertz CT molecular complexity index is 2300. The molecule has 0 radical (unpaired) electrons. The van der Waals surface area contributed by atoms with Gasteiger partial charge in [-0.2, -0.15) is 0 Å². The van der Waals surface area contributed by atoms with E-state index < -0.39 is 20.0 Å². The molecule has 0 spiro atoms. The van der Waals surface area contributed by atoms with Gasteiger partial charge in [0, 0.05) is 48.3 Å². The van der Waals surface area contributed by atoms with Crippen LogP contribution in [0.3, 0.4) is 0 Å². The number of carbonyl (C=O) groups is 2. The molecule has 0 unspecified atom stereocenters. The number of likely N-dealkylation sites (tertiary alicyclic amines) is 2. The minimum absolute atomic E-state index is 0.0734. The second-order valence-corrected chi connectivity index (χ2v) is 19.6. The molecule has 7 rings (SSSR count). The molecule has 0 aliphatic carbocycles. The summed E-state index contributed by atoms with van der Waals surface area (Å²) in [4.78, 5) is 38.7. The molecule has 2 aliphatic rings. The van der Waals surface area contributed by atoms with Crippen LogP contribution >= 0.6 is 22.7 Å². The number of nitrogens with one attached hydrogen (secondary N) is 2. The highest BCUT2D eigenvalue weighted by atomic mass is 32.2. The van der Waals surface area contributed by atoms with E-state index in [1.165, 1.54) is 35.5 Å². The van der Waals surface area contributed by atoms with Gasteiger partial charge in [-0.1, -0.05) is 67.9 Å². The summed E-state index contributed by atoms with van der Waals surface area (Å²) in [6.07, 6.45) is 12.2. The number of hydrogen-bond acceptors (Lipinski definition) is 10. The Labute approximate surface area is 343 Å². The minimum Gasteiger partial charge on any atom is -0.342 e. The van der Waals surface area contributed by atoms with Gasteiger partial charge in [-0.3, -0.25) is 19.0 Å². The van der Waals surface area contributed by atoms with Crippen molar-refractivity contribution in [3.05, 3.63) is 107 Å². The van der Waals surface area contributed by atoms with Gasteiger partial charge in [0.05, 0.1) is 22.6 Å². The zero-order valence-electron chi connectivity index (χ0n) is 31.9. The maximum Gasteiger partial charge on any atom is 0.263 e.